The minimum atomic E-state index is 0.326. The molecule has 108 valence electrons. The Labute approximate surface area is 128 Å². The molecule has 1 atom stereocenters. The van der Waals surface area contributed by atoms with Gasteiger partial charge in [0.15, 0.2) is 0 Å². The van der Waals surface area contributed by atoms with Crippen molar-refractivity contribution in [2.75, 3.05) is 11.4 Å². The van der Waals surface area contributed by atoms with Gasteiger partial charge in [0.25, 0.3) is 0 Å². The molecule has 2 aliphatic rings. The van der Waals surface area contributed by atoms with Crippen molar-refractivity contribution in [3.63, 3.8) is 0 Å². The lowest BCUT2D eigenvalue weighted by Gasteiger charge is -2.25. The topological polar surface area (TPSA) is 52.8 Å². The molecule has 2 aromatic heterocycles. The smallest absolute Gasteiger partial charge is 0.141 e. The molecule has 4 rings (SSSR count). The molecule has 0 unspecified atom stereocenters. The van der Waals surface area contributed by atoms with Crippen LogP contribution in [0, 0.1) is 11.3 Å². The van der Waals surface area contributed by atoms with E-state index < -0.39 is 0 Å². The van der Waals surface area contributed by atoms with Gasteiger partial charge in [0.2, 0.25) is 0 Å². The zero-order chi connectivity index (χ0) is 14.2. The molecule has 1 aliphatic heterocycles. The van der Waals surface area contributed by atoms with Crippen molar-refractivity contribution in [3.8, 4) is 6.07 Å². The Bertz CT molecular complexity index is 715. The average Bonchev–Trinajstić information content (AvgIpc) is 3.11. The Kier molecular flexibility index (Phi) is 3.27. The molecule has 0 spiro atoms. The number of thiophene rings is 1. The van der Waals surface area contributed by atoms with Crippen molar-refractivity contribution >= 4 is 27.4 Å². The third-order valence-corrected chi connectivity index (χ3v) is 5.91. The van der Waals surface area contributed by atoms with Crippen molar-refractivity contribution in [2.45, 2.75) is 51.0 Å². The van der Waals surface area contributed by atoms with E-state index >= 15 is 0 Å². The first kappa shape index (κ1) is 13.0. The summed E-state index contributed by atoms with van der Waals surface area (Å²) < 4.78 is 0. The molecular weight excluding hydrogens is 280 g/mol. The molecule has 4 nitrogen and oxygen atoms in total. The van der Waals surface area contributed by atoms with E-state index in [0.717, 1.165) is 36.5 Å². The molecule has 0 aromatic carbocycles. The van der Waals surface area contributed by atoms with E-state index in [9.17, 15) is 0 Å². The van der Waals surface area contributed by atoms with E-state index in [0.29, 0.717) is 12.5 Å². The van der Waals surface area contributed by atoms with Gasteiger partial charge in [-0.15, -0.1) is 11.3 Å². The highest BCUT2D eigenvalue weighted by Crippen LogP contribution is 2.40. The molecule has 0 amide bonds. The second-order valence-electron chi connectivity index (χ2n) is 5.94. The number of hydrogen-bond acceptors (Lipinski definition) is 5. The number of hydrogen-bond donors (Lipinski definition) is 0. The first-order chi connectivity index (χ1) is 10.4. The lowest BCUT2D eigenvalue weighted by atomic mass is 9.97. The van der Waals surface area contributed by atoms with Gasteiger partial charge in [0.05, 0.1) is 17.9 Å². The lowest BCUT2D eigenvalue weighted by Crippen LogP contribution is -2.29. The second kappa shape index (κ2) is 5.27. The minimum absolute atomic E-state index is 0.326. The van der Waals surface area contributed by atoms with Gasteiger partial charge in [-0.3, -0.25) is 0 Å². The van der Waals surface area contributed by atoms with Gasteiger partial charge in [-0.2, -0.15) is 5.26 Å². The number of aromatic nitrogens is 2. The predicted molar refractivity (Wildman–Crippen MR) is 84.7 cm³/mol. The Balaban J connectivity index is 1.85. The van der Waals surface area contributed by atoms with E-state index in [2.05, 4.69) is 20.9 Å². The summed E-state index contributed by atoms with van der Waals surface area (Å²) in [5, 5.41) is 10.3. The Morgan fingerprint density at radius 3 is 3.10 bits per heavy atom. The number of anilines is 1. The maximum Gasteiger partial charge on any atom is 0.141 e. The highest BCUT2D eigenvalue weighted by Gasteiger charge is 2.29. The average molecular weight is 298 g/mol. The summed E-state index contributed by atoms with van der Waals surface area (Å²) in [6, 6.07) is 2.66. The quantitative estimate of drug-likeness (QED) is 0.852. The molecular formula is C16H18N4S. The lowest BCUT2D eigenvalue weighted by molar-refractivity contribution is 0.677. The third-order valence-electron chi connectivity index (χ3n) is 4.71. The van der Waals surface area contributed by atoms with E-state index in [1.54, 1.807) is 6.33 Å². The fraction of sp³-hybridized carbons (Fsp3) is 0.562. The van der Waals surface area contributed by atoms with Crippen LogP contribution in [0.4, 0.5) is 5.82 Å². The molecule has 3 heterocycles. The summed E-state index contributed by atoms with van der Waals surface area (Å²) >= 11 is 1.84. The van der Waals surface area contributed by atoms with Gasteiger partial charge in [-0.1, -0.05) is 0 Å². The van der Waals surface area contributed by atoms with E-state index in [1.165, 1.54) is 35.1 Å². The minimum Gasteiger partial charge on any atom is -0.352 e. The van der Waals surface area contributed by atoms with E-state index in [-0.39, 0.29) is 0 Å². The fourth-order valence-corrected chi connectivity index (χ4v) is 4.95. The zero-order valence-electron chi connectivity index (χ0n) is 12.0. The Morgan fingerprint density at radius 2 is 2.19 bits per heavy atom. The largest absolute Gasteiger partial charge is 0.352 e. The normalized spacial score (nSPS) is 21.5. The van der Waals surface area contributed by atoms with E-state index in [4.69, 9.17) is 5.26 Å². The monoisotopic (exact) mass is 298 g/mol. The number of aryl methyl sites for hydroxylation is 2. The van der Waals surface area contributed by atoms with Crippen molar-refractivity contribution < 1.29 is 0 Å². The molecule has 0 N–H and O–H groups in total. The van der Waals surface area contributed by atoms with Crippen molar-refractivity contribution in [2.24, 2.45) is 0 Å². The summed E-state index contributed by atoms with van der Waals surface area (Å²) in [6.45, 7) is 1.02. The Hall–Kier alpha value is -1.67. The van der Waals surface area contributed by atoms with Gasteiger partial charge in [0.1, 0.15) is 17.0 Å². The van der Waals surface area contributed by atoms with Crippen molar-refractivity contribution in [1.29, 1.82) is 5.26 Å². The van der Waals surface area contributed by atoms with Crippen LogP contribution in [0.5, 0.6) is 0 Å². The van der Waals surface area contributed by atoms with Crippen LogP contribution in [-0.2, 0) is 12.8 Å². The van der Waals surface area contributed by atoms with Crippen LogP contribution in [0.1, 0.15) is 42.5 Å². The van der Waals surface area contributed by atoms with Crippen LogP contribution in [0.25, 0.3) is 10.2 Å². The highest BCUT2D eigenvalue weighted by atomic mass is 32.1. The number of nitriles is 1. The maximum absolute atomic E-state index is 9.05. The first-order valence-corrected chi connectivity index (χ1v) is 8.59. The second-order valence-corrected chi connectivity index (χ2v) is 7.02. The molecule has 0 saturated carbocycles. The standard InChI is InChI=1S/C16H18N4S/c17-8-7-11-4-3-9-20(11)15-14-12-5-1-2-6-13(12)21-16(14)19-10-18-15/h10-11H,1-7,9H2/t11-/m0/s1. The number of nitrogens with zero attached hydrogens (tertiary/aromatic N) is 4. The summed E-state index contributed by atoms with van der Waals surface area (Å²) in [6.07, 6.45) is 9.47. The summed E-state index contributed by atoms with van der Waals surface area (Å²) in [5.74, 6) is 1.08. The fourth-order valence-electron chi connectivity index (χ4n) is 3.72. The van der Waals surface area contributed by atoms with Gasteiger partial charge in [0, 0.05) is 17.5 Å². The molecule has 5 heteroatoms. The van der Waals surface area contributed by atoms with Crippen molar-refractivity contribution in [1.82, 2.24) is 9.97 Å². The van der Waals surface area contributed by atoms with Crippen molar-refractivity contribution in [3.05, 3.63) is 16.8 Å². The van der Waals surface area contributed by atoms with Gasteiger partial charge in [-0.05, 0) is 44.1 Å². The molecule has 2 aromatic rings. The highest BCUT2D eigenvalue weighted by molar-refractivity contribution is 7.19. The molecule has 21 heavy (non-hydrogen) atoms. The maximum atomic E-state index is 9.05. The number of rotatable bonds is 2. The Morgan fingerprint density at radius 1 is 1.29 bits per heavy atom. The van der Waals surface area contributed by atoms with Gasteiger partial charge >= 0.3 is 0 Å². The molecule has 1 aliphatic carbocycles. The zero-order valence-corrected chi connectivity index (χ0v) is 12.8. The molecule has 0 bridgehead atoms. The SMILES string of the molecule is N#CC[C@@H]1CCCN1c1ncnc2sc3c(c12)CCCC3. The first-order valence-electron chi connectivity index (χ1n) is 7.77. The van der Waals surface area contributed by atoms with Crippen LogP contribution >= 0.6 is 11.3 Å². The van der Waals surface area contributed by atoms with Crippen LogP contribution < -0.4 is 4.90 Å². The summed E-state index contributed by atoms with van der Waals surface area (Å²) in [5.41, 5.74) is 1.49. The van der Waals surface area contributed by atoms with Crippen LogP contribution in [0.3, 0.4) is 0 Å². The molecule has 1 saturated heterocycles. The van der Waals surface area contributed by atoms with Gasteiger partial charge < -0.3 is 4.90 Å². The third kappa shape index (κ3) is 2.09. The van der Waals surface area contributed by atoms with E-state index in [1.807, 2.05) is 11.3 Å². The molecule has 0 radical (unpaired) electrons. The molecule has 1 fully saturated rings. The number of fused-ring (bicyclic) bond motifs is 3. The summed E-state index contributed by atoms with van der Waals surface area (Å²) in [4.78, 5) is 14.1. The van der Waals surface area contributed by atoms with Crippen LogP contribution in [0.15, 0.2) is 6.33 Å². The summed E-state index contributed by atoms with van der Waals surface area (Å²) in [7, 11) is 0. The van der Waals surface area contributed by atoms with Crippen LogP contribution in [-0.4, -0.2) is 22.6 Å². The van der Waals surface area contributed by atoms with Gasteiger partial charge in [-0.25, -0.2) is 9.97 Å². The van der Waals surface area contributed by atoms with Crippen LogP contribution in [0.2, 0.25) is 0 Å². The predicted octanol–water partition coefficient (Wildman–Crippen LogP) is 3.45.